The highest BCUT2D eigenvalue weighted by molar-refractivity contribution is 7.26. The van der Waals surface area contributed by atoms with Crippen LogP contribution < -0.4 is 0 Å². The number of halogens is 3. The van der Waals surface area contributed by atoms with Gasteiger partial charge in [0, 0.05) is 6.20 Å². The summed E-state index contributed by atoms with van der Waals surface area (Å²) in [5.41, 5.74) is 0. The fourth-order valence-electron chi connectivity index (χ4n) is 0.414. The molecule has 1 aromatic heterocycles. The maximum absolute atomic E-state index is 11.6. The normalized spacial score (nSPS) is 12.8. The molecule has 1 unspecified atom stereocenters. The molecule has 0 saturated heterocycles. The highest BCUT2D eigenvalue weighted by Gasteiger charge is 2.30. The van der Waals surface area contributed by atoms with Crippen molar-refractivity contribution >= 4 is 8.35 Å². The summed E-state index contributed by atoms with van der Waals surface area (Å²) in [6.45, 7) is 0. The molecule has 0 aliphatic rings. The Balaban J connectivity index is 2.90. The Bertz CT molecular complexity index is 178. The standard InChI is InChI=1S/C4H3F3NP/c5-4(6,7)3-1-2-8-9-3/h1-2,9H. The third-order valence-electron chi connectivity index (χ3n) is 0.806. The van der Waals surface area contributed by atoms with Crippen LogP contribution in [0, 0.1) is 0 Å². The first-order chi connectivity index (χ1) is 4.11. The summed E-state index contributed by atoms with van der Waals surface area (Å²) in [6, 6.07) is 0.998. The number of rotatable bonds is 0. The summed E-state index contributed by atoms with van der Waals surface area (Å²) in [4.78, 5) is 0. The van der Waals surface area contributed by atoms with Gasteiger partial charge in [-0.3, -0.25) is 0 Å². The van der Waals surface area contributed by atoms with Crippen molar-refractivity contribution in [1.82, 2.24) is 4.75 Å². The minimum absolute atomic E-state index is 0.443. The van der Waals surface area contributed by atoms with Gasteiger partial charge in [0.15, 0.2) is 0 Å². The van der Waals surface area contributed by atoms with Crippen LogP contribution in [0.15, 0.2) is 12.3 Å². The summed E-state index contributed by atoms with van der Waals surface area (Å²) in [5.74, 6) is 0. The second kappa shape index (κ2) is 2.03. The minimum atomic E-state index is -4.17. The molecule has 0 amide bonds. The van der Waals surface area contributed by atoms with Crippen LogP contribution in [0.25, 0.3) is 0 Å². The monoisotopic (exact) mass is 153 g/mol. The van der Waals surface area contributed by atoms with Gasteiger partial charge in [0.05, 0.1) is 5.30 Å². The molecule has 9 heavy (non-hydrogen) atoms. The van der Waals surface area contributed by atoms with Gasteiger partial charge in [-0.25, -0.2) is 4.75 Å². The maximum Gasteiger partial charge on any atom is 0.421 e. The van der Waals surface area contributed by atoms with E-state index < -0.39 is 19.8 Å². The van der Waals surface area contributed by atoms with Crippen LogP contribution in [0.5, 0.6) is 0 Å². The van der Waals surface area contributed by atoms with Gasteiger partial charge in [-0.05, 0) is 14.4 Å². The first-order valence-electron chi connectivity index (χ1n) is 2.17. The highest BCUT2D eigenvalue weighted by Crippen LogP contribution is 2.33. The van der Waals surface area contributed by atoms with Crippen LogP contribution >= 0.6 is 8.35 Å². The van der Waals surface area contributed by atoms with Gasteiger partial charge in [0.2, 0.25) is 0 Å². The zero-order valence-electron chi connectivity index (χ0n) is 4.24. The van der Waals surface area contributed by atoms with Crippen LogP contribution in [0.2, 0.25) is 0 Å². The quantitative estimate of drug-likeness (QED) is 0.556. The predicted octanol–water partition coefficient (Wildman–Crippen LogP) is 2.13. The molecule has 0 aliphatic heterocycles. The van der Waals surface area contributed by atoms with Crippen LogP contribution in [0.1, 0.15) is 5.30 Å². The molecule has 0 radical (unpaired) electrons. The fraction of sp³-hybridized carbons (Fsp3) is 0.250. The van der Waals surface area contributed by atoms with E-state index in [2.05, 4.69) is 4.75 Å². The number of aromatic nitrogens is 1. The van der Waals surface area contributed by atoms with E-state index in [4.69, 9.17) is 0 Å². The predicted molar refractivity (Wildman–Crippen MR) is 28.7 cm³/mol. The first kappa shape index (κ1) is 6.62. The van der Waals surface area contributed by atoms with E-state index in [0.717, 1.165) is 6.07 Å². The Hall–Kier alpha value is -0.500. The van der Waals surface area contributed by atoms with E-state index in [1.54, 1.807) is 0 Å². The summed E-state index contributed by atoms with van der Waals surface area (Å²) in [5, 5.41) is -0.539. The average molecular weight is 153 g/mol. The van der Waals surface area contributed by atoms with Crippen LogP contribution in [0.3, 0.4) is 0 Å². The van der Waals surface area contributed by atoms with Crippen molar-refractivity contribution in [3.8, 4) is 0 Å². The van der Waals surface area contributed by atoms with Crippen molar-refractivity contribution < 1.29 is 13.2 Å². The molecule has 0 fully saturated rings. The van der Waals surface area contributed by atoms with E-state index in [1.807, 2.05) is 0 Å². The van der Waals surface area contributed by atoms with Gasteiger partial charge in [0.25, 0.3) is 0 Å². The molecule has 0 aromatic carbocycles. The largest absolute Gasteiger partial charge is 0.421 e. The summed E-state index contributed by atoms with van der Waals surface area (Å²) >= 11 is 0. The highest BCUT2D eigenvalue weighted by atomic mass is 31.0. The van der Waals surface area contributed by atoms with E-state index in [0.29, 0.717) is 0 Å². The van der Waals surface area contributed by atoms with E-state index in [1.165, 1.54) is 6.20 Å². The third-order valence-corrected chi connectivity index (χ3v) is 1.78. The first-order valence-corrected chi connectivity index (χ1v) is 3.12. The molecule has 50 valence electrons. The molecule has 0 bridgehead atoms. The third kappa shape index (κ3) is 1.45. The molecule has 0 N–H and O–H groups in total. The average Bonchev–Trinajstić information content (AvgIpc) is 2.08. The van der Waals surface area contributed by atoms with E-state index >= 15 is 0 Å². The lowest BCUT2D eigenvalue weighted by molar-refractivity contribution is -0.134. The Morgan fingerprint density at radius 2 is 2.11 bits per heavy atom. The SMILES string of the molecule is FC(F)(F)c1ccn[pH]1. The summed E-state index contributed by atoms with van der Waals surface area (Å²) in [7, 11) is -0.443. The molecule has 1 heterocycles. The molecule has 5 heteroatoms. The number of hydrogen-bond acceptors (Lipinski definition) is 1. The molecule has 1 atom stereocenters. The lowest BCUT2D eigenvalue weighted by Gasteiger charge is -1.99. The zero-order chi connectivity index (χ0) is 6.91. The van der Waals surface area contributed by atoms with Crippen LogP contribution in [0.4, 0.5) is 13.2 Å². The topological polar surface area (TPSA) is 12.9 Å². The number of nitrogens with zero attached hydrogens (tertiary/aromatic N) is 1. The van der Waals surface area contributed by atoms with Gasteiger partial charge in [-0.1, -0.05) is 0 Å². The van der Waals surface area contributed by atoms with E-state index in [-0.39, 0.29) is 0 Å². The van der Waals surface area contributed by atoms with Crippen LogP contribution in [-0.2, 0) is 6.18 Å². The molecule has 1 aromatic rings. The maximum atomic E-state index is 11.6. The molecular formula is C4H3F3NP. The Labute approximate surface area is 51.1 Å². The molecule has 0 aliphatic carbocycles. The zero-order valence-corrected chi connectivity index (χ0v) is 5.24. The number of hydrogen-bond donors (Lipinski definition) is 0. The molecule has 0 spiro atoms. The van der Waals surface area contributed by atoms with Gasteiger partial charge in [-0.15, -0.1) is 0 Å². The second-order valence-corrected chi connectivity index (χ2v) is 2.49. The Morgan fingerprint density at radius 1 is 1.44 bits per heavy atom. The Morgan fingerprint density at radius 3 is 2.33 bits per heavy atom. The second-order valence-electron chi connectivity index (χ2n) is 1.47. The lowest BCUT2D eigenvalue weighted by Crippen LogP contribution is -1.99. The van der Waals surface area contributed by atoms with Gasteiger partial charge < -0.3 is 0 Å². The van der Waals surface area contributed by atoms with Crippen molar-refractivity contribution in [2.75, 3.05) is 0 Å². The van der Waals surface area contributed by atoms with Crippen molar-refractivity contribution in [3.63, 3.8) is 0 Å². The summed E-state index contributed by atoms with van der Waals surface area (Å²) < 4.78 is 38.3. The van der Waals surface area contributed by atoms with Crippen molar-refractivity contribution in [3.05, 3.63) is 17.6 Å². The fourth-order valence-corrected chi connectivity index (χ4v) is 0.978. The molecule has 1 rings (SSSR count). The van der Waals surface area contributed by atoms with Gasteiger partial charge in [-0.2, -0.15) is 13.2 Å². The van der Waals surface area contributed by atoms with Crippen molar-refractivity contribution in [1.29, 1.82) is 0 Å². The van der Waals surface area contributed by atoms with Crippen molar-refractivity contribution in [2.45, 2.75) is 6.18 Å². The summed E-state index contributed by atoms with van der Waals surface area (Å²) in [6.07, 6.45) is -2.99. The van der Waals surface area contributed by atoms with Crippen LogP contribution in [-0.4, -0.2) is 4.75 Å². The lowest BCUT2D eigenvalue weighted by atomic mass is 10.5. The molecular weight excluding hydrogens is 150 g/mol. The van der Waals surface area contributed by atoms with Gasteiger partial charge in [0.1, 0.15) is 0 Å². The molecule has 0 saturated carbocycles. The van der Waals surface area contributed by atoms with Crippen molar-refractivity contribution in [2.24, 2.45) is 0 Å². The van der Waals surface area contributed by atoms with Gasteiger partial charge >= 0.3 is 6.18 Å². The smallest absolute Gasteiger partial charge is 0.248 e. The minimum Gasteiger partial charge on any atom is -0.248 e. The van der Waals surface area contributed by atoms with E-state index in [9.17, 15) is 13.2 Å². The number of alkyl halides is 3. The Kier molecular flexibility index (Phi) is 1.49. The molecule has 1 nitrogen and oxygen atoms in total.